The van der Waals surface area contributed by atoms with E-state index in [1.54, 1.807) is 35.6 Å². The third kappa shape index (κ3) is 5.40. The zero-order valence-corrected chi connectivity index (χ0v) is 20.0. The molecule has 0 aliphatic carbocycles. The first-order valence-corrected chi connectivity index (χ1v) is 13.6. The summed E-state index contributed by atoms with van der Waals surface area (Å²) in [6.45, 7) is 3.02. The molecule has 0 saturated carbocycles. The van der Waals surface area contributed by atoms with Crippen LogP contribution in [0.15, 0.2) is 56.3 Å². The molecule has 2 aromatic heterocycles. The molecule has 1 fully saturated rings. The van der Waals surface area contributed by atoms with Crippen LogP contribution >= 0.6 is 23.1 Å². The minimum absolute atomic E-state index is 0.0639. The topological polar surface area (TPSA) is 105 Å². The van der Waals surface area contributed by atoms with Gasteiger partial charge in [0.2, 0.25) is 21.8 Å². The van der Waals surface area contributed by atoms with E-state index in [0.29, 0.717) is 18.7 Å². The second-order valence-corrected chi connectivity index (χ2v) is 11.3. The van der Waals surface area contributed by atoms with E-state index >= 15 is 0 Å². The number of carbonyl (C=O) groups is 1. The lowest BCUT2D eigenvalue weighted by atomic mass is 10.2. The summed E-state index contributed by atoms with van der Waals surface area (Å²) in [5, 5.41) is 13.2. The second kappa shape index (κ2) is 10.2. The minimum atomic E-state index is -3.55. The van der Waals surface area contributed by atoms with E-state index in [1.807, 2.05) is 24.4 Å². The first-order chi connectivity index (χ1) is 15.4. The highest BCUT2D eigenvalue weighted by molar-refractivity contribution is 7.99. The van der Waals surface area contributed by atoms with Crippen molar-refractivity contribution >= 4 is 39.0 Å². The lowest BCUT2D eigenvalue weighted by molar-refractivity contribution is -0.119. The molecular weight excluding hydrogens is 468 g/mol. The molecule has 4 rings (SSSR count). The maximum atomic E-state index is 12.9. The van der Waals surface area contributed by atoms with Gasteiger partial charge in [-0.15, -0.1) is 21.5 Å². The molecule has 1 N–H and O–H groups in total. The first-order valence-electron chi connectivity index (χ1n) is 10.3. The summed E-state index contributed by atoms with van der Waals surface area (Å²) in [7, 11) is -3.55. The summed E-state index contributed by atoms with van der Waals surface area (Å²) in [4.78, 5) is 13.5. The number of amides is 1. The van der Waals surface area contributed by atoms with Crippen molar-refractivity contribution in [1.82, 2.24) is 19.8 Å². The molecule has 1 aliphatic heterocycles. The number of aromatic nitrogens is 2. The number of rotatable bonds is 8. The van der Waals surface area contributed by atoms with Crippen molar-refractivity contribution in [3.63, 3.8) is 0 Å². The van der Waals surface area contributed by atoms with Crippen molar-refractivity contribution in [2.24, 2.45) is 0 Å². The zero-order chi connectivity index (χ0) is 22.6. The zero-order valence-electron chi connectivity index (χ0n) is 17.6. The number of sulfonamides is 1. The molecule has 1 amide bonds. The van der Waals surface area contributed by atoms with Gasteiger partial charge in [-0.2, -0.15) is 4.31 Å². The molecule has 0 unspecified atom stereocenters. The average Bonchev–Trinajstić information content (AvgIpc) is 3.51. The number of piperidine rings is 1. The molecule has 0 bridgehead atoms. The normalized spacial score (nSPS) is 16.0. The van der Waals surface area contributed by atoms with Gasteiger partial charge in [-0.25, -0.2) is 8.42 Å². The Labute approximate surface area is 195 Å². The van der Waals surface area contributed by atoms with Crippen LogP contribution in [0.5, 0.6) is 0 Å². The fourth-order valence-corrected chi connectivity index (χ4v) is 6.32. The Bertz CT molecular complexity index is 1160. The Morgan fingerprint density at radius 1 is 1.22 bits per heavy atom. The average molecular weight is 493 g/mol. The Hall–Kier alpha value is -2.21. The summed E-state index contributed by atoms with van der Waals surface area (Å²) in [6.07, 6.45) is 2.81. The summed E-state index contributed by atoms with van der Waals surface area (Å²) in [6, 6.07) is 10.4. The molecular formula is C21H24N4O4S3. The Kier molecular flexibility index (Phi) is 7.29. The third-order valence-electron chi connectivity index (χ3n) is 5.11. The molecule has 1 aliphatic rings. The minimum Gasteiger partial charge on any atom is -0.411 e. The van der Waals surface area contributed by atoms with Crippen LogP contribution in [0, 0.1) is 0 Å². The second-order valence-electron chi connectivity index (χ2n) is 7.46. The number of nitrogens with zero attached hydrogens (tertiary/aromatic N) is 3. The van der Waals surface area contributed by atoms with Crippen molar-refractivity contribution in [2.75, 3.05) is 18.8 Å². The fourth-order valence-electron chi connectivity index (χ4n) is 3.45. The van der Waals surface area contributed by atoms with E-state index in [-0.39, 0.29) is 33.7 Å². The van der Waals surface area contributed by atoms with Crippen molar-refractivity contribution in [1.29, 1.82) is 0 Å². The van der Waals surface area contributed by atoms with E-state index in [0.717, 1.165) is 35.9 Å². The SMILES string of the molecule is C[C@@H](NC(=O)CSc1nnc(-c2cccc(S(=O)(=O)N3CCCCC3)c2)o1)c1cccs1. The van der Waals surface area contributed by atoms with Gasteiger partial charge in [0.15, 0.2) is 0 Å². The highest BCUT2D eigenvalue weighted by Crippen LogP contribution is 2.27. The van der Waals surface area contributed by atoms with Crippen LogP contribution in [0.4, 0.5) is 0 Å². The Morgan fingerprint density at radius 2 is 2.03 bits per heavy atom. The molecule has 11 heteroatoms. The van der Waals surface area contributed by atoms with E-state index in [4.69, 9.17) is 4.42 Å². The summed E-state index contributed by atoms with van der Waals surface area (Å²) < 4.78 is 33.1. The highest BCUT2D eigenvalue weighted by Gasteiger charge is 2.26. The third-order valence-corrected chi connectivity index (χ3v) is 8.88. The van der Waals surface area contributed by atoms with Gasteiger partial charge < -0.3 is 9.73 Å². The molecule has 1 saturated heterocycles. The van der Waals surface area contributed by atoms with Crippen molar-refractivity contribution in [2.45, 2.75) is 42.3 Å². The molecule has 8 nitrogen and oxygen atoms in total. The van der Waals surface area contributed by atoms with E-state index < -0.39 is 10.0 Å². The largest absolute Gasteiger partial charge is 0.411 e. The molecule has 3 heterocycles. The number of thioether (sulfide) groups is 1. The van der Waals surface area contributed by atoms with Crippen molar-refractivity contribution in [3.8, 4) is 11.5 Å². The molecule has 1 atom stereocenters. The van der Waals surface area contributed by atoms with Crippen LogP contribution in [-0.2, 0) is 14.8 Å². The van der Waals surface area contributed by atoms with E-state index in [1.165, 1.54) is 4.31 Å². The molecule has 170 valence electrons. The lowest BCUT2D eigenvalue weighted by Crippen LogP contribution is -2.35. The first kappa shape index (κ1) is 23.0. The van der Waals surface area contributed by atoms with Gasteiger partial charge in [-0.1, -0.05) is 30.3 Å². The number of hydrogen-bond acceptors (Lipinski definition) is 8. The summed E-state index contributed by atoms with van der Waals surface area (Å²) in [5.41, 5.74) is 0.526. The highest BCUT2D eigenvalue weighted by atomic mass is 32.2. The Morgan fingerprint density at radius 3 is 2.78 bits per heavy atom. The number of benzene rings is 1. The van der Waals surface area contributed by atoms with Crippen molar-refractivity contribution < 1.29 is 17.6 Å². The maximum absolute atomic E-state index is 12.9. The maximum Gasteiger partial charge on any atom is 0.277 e. The molecule has 32 heavy (non-hydrogen) atoms. The molecule has 1 aromatic carbocycles. The molecule has 0 spiro atoms. The van der Waals surface area contributed by atoms with Gasteiger partial charge >= 0.3 is 0 Å². The van der Waals surface area contributed by atoms with Crippen molar-refractivity contribution in [3.05, 3.63) is 46.7 Å². The number of thiophene rings is 1. The van der Waals surface area contributed by atoms with Crippen LogP contribution < -0.4 is 5.32 Å². The predicted octanol–water partition coefficient (Wildman–Crippen LogP) is 3.94. The van der Waals surface area contributed by atoms with Gasteiger partial charge in [0.25, 0.3) is 5.22 Å². The van der Waals surface area contributed by atoms with Crippen LogP contribution in [0.1, 0.15) is 37.1 Å². The van der Waals surface area contributed by atoms with Gasteiger partial charge in [0.1, 0.15) is 0 Å². The van der Waals surface area contributed by atoms with Gasteiger partial charge in [0.05, 0.1) is 16.7 Å². The van der Waals surface area contributed by atoms with Gasteiger partial charge in [0, 0.05) is 23.5 Å². The quantitative estimate of drug-likeness (QED) is 0.475. The van der Waals surface area contributed by atoms with Crippen LogP contribution in [0.3, 0.4) is 0 Å². The molecule has 3 aromatic rings. The van der Waals surface area contributed by atoms with Crippen LogP contribution in [0.2, 0.25) is 0 Å². The standard InChI is InChI=1S/C21H24N4O4S3/c1-15(18-9-6-12-30-18)22-19(26)14-31-21-24-23-20(29-21)16-7-5-8-17(13-16)32(27,28)25-10-3-2-4-11-25/h5-9,12-13,15H,2-4,10-11,14H2,1H3,(H,22,26)/t15-/m1/s1. The van der Waals surface area contributed by atoms with Gasteiger partial charge in [-0.3, -0.25) is 4.79 Å². The van der Waals surface area contributed by atoms with Crippen LogP contribution in [0.25, 0.3) is 11.5 Å². The smallest absolute Gasteiger partial charge is 0.277 e. The monoisotopic (exact) mass is 492 g/mol. The fraction of sp³-hybridized carbons (Fsp3) is 0.381. The number of nitrogens with one attached hydrogen (secondary N) is 1. The number of carbonyl (C=O) groups excluding carboxylic acids is 1. The van der Waals surface area contributed by atoms with E-state index in [2.05, 4.69) is 15.5 Å². The Balaban J connectivity index is 1.39. The van der Waals surface area contributed by atoms with E-state index in [9.17, 15) is 13.2 Å². The molecule has 0 radical (unpaired) electrons. The summed E-state index contributed by atoms with van der Waals surface area (Å²) in [5.74, 6) is 0.224. The predicted molar refractivity (Wildman–Crippen MR) is 124 cm³/mol. The van der Waals surface area contributed by atoms with Gasteiger partial charge in [-0.05, 0) is 49.4 Å². The van der Waals surface area contributed by atoms with Crippen LogP contribution in [-0.4, -0.2) is 47.7 Å². The lowest BCUT2D eigenvalue weighted by Gasteiger charge is -2.25. The number of hydrogen-bond donors (Lipinski definition) is 1. The summed E-state index contributed by atoms with van der Waals surface area (Å²) >= 11 is 2.73.